The number of nitrogens with two attached hydrogens (primary N) is 2. The molecule has 0 unspecified atom stereocenters. The first kappa shape index (κ1) is 40.4. The Morgan fingerprint density at radius 1 is 1.00 bits per heavy atom. The molecule has 9 nitrogen and oxygen atoms in total. The smallest absolute Gasteiger partial charge is 0.306 e. The number of nitrogens with one attached hydrogen (secondary N) is 1. The largest absolute Gasteiger partial charge is 0.481 e. The van der Waals surface area contributed by atoms with Gasteiger partial charge in [0, 0.05) is 26.0 Å². The average Bonchev–Trinajstić information content (AvgIpc) is 2.71. The number of halogens is 1. The highest BCUT2D eigenvalue weighted by Crippen LogP contribution is 2.17. The highest BCUT2D eigenvalue weighted by Gasteiger charge is 2.23. The number of hydrogen-bond acceptors (Lipinski definition) is 7. The fraction of sp³-hybridized carbons (Fsp3) is 0.905. The first-order valence-corrected chi connectivity index (χ1v) is 11.3. The van der Waals surface area contributed by atoms with E-state index >= 15 is 0 Å². The molecule has 0 spiro atoms. The molecule has 31 heavy (non-hydrogen) atoms. The van der Waals surface area contributed by atoms with Gasteiger partial charge in [0.25, 0.3) is 0 Å². The van der Waals surface area contributed by atoms with Crippen LogP contribution in [0, 0.1) is 23.7 Å². The summed E-state index contributed by atoms with van der Waals surface area (Å²) in [7, 11) is 4.55. The van der Waals surface area contributed by atoms with Gasteiger partial charge in [-0.1, -0.05) is 48.5 Å². The molecule has 0 saturated carbocycles. The maximum absolute atomic E-state index is 11.5. The first-order valence-electron chi connectivity index (χ1n) is 10.5. The fourth-order valence-corrected chi connectivity index (χ4v) is 2.33. The van der Waals surface area contributed by atoms with E-state index in [9.17, 15) is 9.59 Å². The minimum absolute atomic E-state index is 0.0648. The molecule has 1 amide bonds. The lowest BCUT2D eigenvalue weighted by molar-refractivity contribution is -0.175. The Balaban J connectivity index is -0.000000104. The molecule has 0 saturated heterocycles. The summed E-state index contributed by atoms with van der Waals surface area (Å²) < 4.78 is 0. The Bertz CT molecular complexity index is 374. The third-order valence-electron chi connectivity index (χ3n) is 4.10. The van der Waals surface area contributed by atoms with E-state index in [1.807, 2.05) is 34.6 Å². The zero-order valence-electron chi connectivity index (χ0n) is 21.7. The number of aliphatic carboxylic acids is 1. The van der Waals surface area contributed by atoms with E-state index in [0.717, 1.165) is 19.4 Å². The lowest BCUT2D eigenvalue weighted by Gasteiger charge is -2.23. The van der Waals surface area contributed by atoms with Crippen molar-refractivity contribution >= 4 is 23.5 Å². The summed E-state index contributed by atoms with van der Waals surface area (Å²) in [4.78, 5) is 30.5. The lowest BCUT2D eigenvalue weighted by Crippen LogP contribution is -2.34. The average molecular weight is 475 g/mol. The highest BCUT2D eigenvalue weighted by molar-refractivity contribution is 6.15. The van der Waals surface area contributed by atoms with E-state index in [1.54, 1.807) is 7.05 Å². The topological polar surface area (TPSA) is 140 Å². The second kappa shape index (κ2) is 31.2. The molecule has 0 radical (unpaired) electrons. The quantitative estimate of drug-likeness (QED) is 0.226. The van der Waals surface area contributed by atoms with Crippen LogP contribution in [0.1, 0.15) is 61.3 Å². The Morgan fingerprint density at radius 3 is 1.45 bits per heavy atom. The third kappa shape index (κ3) is 29.0. The van der Waals surface area contributed by atoms with Crippen LogP contribution in [-0.4, -0.2) is 62.9 Å². The number of carbonyl (C=O) groups excluding carboxylic acids is 1. The number of hydroxylamine groups is 2. The molecule has 2 atom stereocenters. The van der Waals surface area contributed by atoms with Gasteiger partial charge in [-0.2, -0.15) is 0 Å². The molecule has 0 aliphatic rings. The van der Waals surface area contributed by atoms with E-state index in [4.69, 9.17) is 15.7 Å². The molecule has 0 heterocycles. The summed E-state index contributed by atoms with van der Waals surface area (Å²) in [6, 6.07) is 0. The van der Waals surface area contributed by atoms with Gasteiger partial charge >= 0.3 is 5.97 Å². The predicted molar refractivity (Wildman–Crippen MR) is 130 cm³/mol. The van der Waals surface area contributed by atoms with Gasteiger partial charge in [-0.25, -0.2) is 11.0 Å². The number of carbonyl (C=O) groups is 2. The van der Waals surface area contributed by atoms with Gasteiger partial charge in [0.15, 0.2) is 0 Å². The Morgan fingerprint density at radius 2 is 1.35 bits per heavy atom. The minimum Gasteiger partial charge on any atom is -0.481 e. The molecule has 0 bridgehead atoms. The minimum atomic E-state index is -0.674. The van der Waals surface area contributed by atoms with Crippen molar-refractivity contribution < 1.29 is 24.4 Å². The van der Waals surface area contributed by atoms with E-state index in [1.165, 1.54) is 25.7 Å². The van der Waals surface area contributed by atoms with Crippen molar-refractivity contribution in [2.75, 3.05) is 40.9 Å². The van der Waals surface area contributed by atoms with Crippen LogP contribution in [-0.2, 0) is 19.3 Å². The van der Waals surface area contributed by atoms with Crippen LogP contribution < -0.4 is 16.9 Å². The Kier molecular flexibility index (Phi) is 40.7. The van der Waals surface area contributed by atoms with Gasteiger partial charge in [-0.3, -0.25) is 14.4 Å². The zero-order chi connectivity index (χ0) is 26.0. The van der Waals surface area contributed by atoms with Crippen molar-refractivity contribution in [2.24, 2.45) is 35.3 Å². The van der Waals surface area contributed by atoms with Gasteiger partial charge in [0.05, 0.1) is 20.1 Å². The second-order valence-corrected chi connectivity index (χ2v) is 6.92. The standard InChI is InChI=1S/C9H19NO2.C7H14O2.C3H10N2.CH3Cl.CH5NO/c1-6-8(7(2)3)9(11)10(4)12-5;1-4-6(5(2)3)7(8)9;1-2-5-3-4;1-2;1-3-2/h7-8H,6H2,1-5H3;5-6H,4H2,1-3H3,(H,8,9);5H,2-4H2,1H3;1H3;2H2,1H3/t8-;6-;;;/m00.../s1. The third-order valence-corrected chi connectivity index (χ3v) is 4.10. The maximum Gasteiger partial charge on any atom is 0.306 e. The van der Waals surface area contributed by atoms with Crippen LogP contribution in [0.4, 0.5) is 0 Å². The highest BCUT2D eigenvalue weighted by atomic mass is 35.5. The summed E-state index contributed by atoms with van der Waals surface area (Å²) in [5.74, 6) is 4.29. The van der Waals surface area contributed by atoms with Gasteiger partial charge in [0.1, 0.15) is 0 Å². The second-order valence-electron chi connectivity index (χ2n) is 6.92. The number of rotatable bonds is 9. The lowest BCUT2D eigenvalue weighted by atomic mass is 9.92. The molecule has 10 heteroatoms. The summed E-state index contributed by atoms with van der Waals surface area (Å²) in [5, 5.41) is 12.7. The SMILES string of the molecule is CCNCN.CC[C@H](C(=O)N(C)OC)C(C)C.CC[C@H](C(=O)O)C(C)C.CCl.CON. The fourth-order valence-electron chi connectivity index (χ4n) is 2.33. The van der Waals surface area contributed by atoms with Crippen molar-refractivity contribution in [3.8, 4) is 0 Å². The molecule has 0 aliphatic carbocycles. The van der Waals surface area contributed by atoms with Crippen LogP contribution in [0.15, 0.2) is 0 Å². The van der Waals surface area contributed by atoms with E-state index in [-0.39, 0.29) is 23.7 Å². The summed E-state index contributed by atoms with van der Waals surface area (Å²) in [5.41, 5.74) is 5.03. The van der Waals surface area contributed by atoms with Crippen LogP contribution in [0.25, 0.3) is 0 Å². The summed E-state index contributed by atoms with van der Waals surface area (Å²) in [6.45, 7) is 15.5. The van der Waals surface area contributed by atoms with E-state index in [2.05, 4.69) is 41.5 Å². The van der Waals surface area contributed by atoms with Crippen molar-refractivity contribution in [3.63, 3.8) is 0 Å². The van der Waals surface area contributed by atoms with Crippen molar-refractivity contribution in [3.05, 3.63) is 0 Å². The number of carboxylic acid groups (broad SMARTS) is 1. The van der Waals surface area contributed by atoms with Crippen LogP contribution in [0.5, 0.6) is 0 Å². The first-order chi connectivity index (χ1) is 14.5. The summed E-state index contributed by atoms with van der Waals surface area (Å²) >= 11 is 4.64. The predicted octanol–water partition coefficient (Wildman–Crippen LogP) is 3.32. The summed E-state index contributed by atoms with van der Waals surface area (Å²) in [6.07, 6.45) is 3.07. The molecule has 192 valence electrons. The normalized spacial score (nSPS) is 11.2. The van der Waals surface area contributed by atoms with Crippen LogP contribution >= 0.6 is 11.6 Å². The number of nitrogens with zero attached hydrogens (tertiary/aromatic N) is 1. The van der Waals surface area contributed by atoms with Gasteiger partial charge in [-0.15, -0.1) is 11.6 Å². The van der Waals surface area contributed by atoms with Crippen LogP contribution in [0.3, 0.4) is 0 Å². The molecule has 0 aromatic rings. The molecule has 0 aromatic heterocycles. The molecular weight excluding hydrogens is 424 g/mol. The monoisotopic (exact) mass is 474 g/mol. The molecule has 6 N–H and O–H groups in total. The molecule has 0 fully saturated rings. The zero-order valence-corrected chi connectivity index (χ0v) is 22.5. The maximum atomic E-state index is 11.5. The van der Waals surface area contributed by atoms with E-state index in [0.29, 0.717) is 12.6 Å². The number of carboxylic acids is 1. The number of alkyl halides is 1. The van der Waals surface area contributed by atoms with Crippen molar-refractivity contribution in [1.82, 2.24) is 10.4 Å². The van der Waals surface area contributed by atoms with Gasteiger partial charge < -0.3 is 21.0 Å². The number of amides is 1. The van der Waals surface area contributed by atoms with Gasteiger partial charge in [-0.05, 0) is 31.2 Å². The van der Waals surface area contributed by atoms with E-state index < -0.39 is 5.97 Å². The molecular formula is C21H51ClN4O5. The molecule has 0 aliphatic heterocycles. The molecule has 0 aromatic carbocycles. The molecule has 0 rings (SSSR count). The van der Waals surface area contributed by atoms with Crippen molar-refractivity contribution in [2.45, 2.75) is 61.3 Å². The van der Waals surface area contributed by atoms with Crippen LogP contribution in [0.2, 0.25) is 0 Å². The Hall–Kier alpha value is -0.970. The van der Waals surface area contributed by atoms with Gasteiger partial charge in [0.2, 0.25) is 5.91 Å². The van der Waals surface area contributed by atoms with Crippen molar-refractivity contribution in [1.29, 1.82) is 0 Å². The Labute approximate surface area is 196 Å². The number of hydrogen-bond donors (Lipinski definition) is 4.